The Morgan fingerprint density at radius 1 is 1.22 bits per heavy atom. The lowest BCUT2D eigenvalue weighted by molar-refractivity contribution is -0.137. The molecule has 0 spiro atoms. The smallest absolute Gasteiger partial charge is 0.342 e. The highest BCUT2D eigenvalue weighted by Crippen LogP contribution is 2.20. The van der Waals surface area contributed by atoms with Crippen LogP contribution in [0.15, 0.2) is 36.7 Å². The molecule has 0 amide bonds. The van der Waals surface area contributed by atoms with Gasteiger partial charge in [-0.3, -0.25) is 4.98 Å². The molecule has 7 heteroatoms. The van der Waals surface area contributed by atoms with Crippen molar-refractivity contribution >= 4 is 18.1 Å². The van der Waals surface area contributed by atoms with Crippen molar-refractivity contribution in [3.8, 4) is 11.4 Å². The van der Waals surface area contributed by atoms with Gasteiger partial charge in [-0.15, -0.1) is 0 Å². The lowest BCUT2D eigenvalue weighted by Gasteiger charge is -2.01. The number of nitrogens with zero attached hydrogens (tertiary/aromatic N) is 3. The Morgan fingerprint density at radius 3 is 2.65 bits per heavy atom. The third-order valence-electron chi connectivity index (χ3n) is 2.78. The zero-order chi connectivity index (χ0) is 16.7. The van der Waals surface area contributed by atoms with Gasteiger partial charge in [0.05, 0.1) is 18.9 Å². The number of hydrogen-bond acceptors (Lipinski definition) is 6. The molecule has 0 bridgehead atoms. The zero-order valence-electron chi connectivity index (χ0n) is 12.9. The Labute approximate surface area is 133 Å². The number of esters is 2. The average Bonchev–Trinajstić information content (AvgIpc) is 2.99. The van der Waals surface area contributed by atoms with Crippen LogP contribution in [0.5, 0.6) is 0 Å². The van der Waals surface area contributed by atoms with Crippen molar-refractivity contribution in [1.82, 2.24) is 14.8 Å². The summed E-state index contributed by atoms with van der Waals surface area (Å²) in [5.74, 6) is -0.982. The summed E-state index contributed by atoms with van der Waals surface area (Å²) in [5, 5.41) is 4.27. The second kappa shape index (κ2) is 7.88. The highest BCUT2D eigenvalue weighted by atomic mass is 16.5. The summed E-state index contributed by atoms with van der Waals surface area (Å²) in [6.45, 7) is 3.99. The number of carbonyl (C=O) groups is 2. The third kappa shape index (κ3) is 4.26. The predicted molar refractivity (Wildman–Crippen MR) is 83.4 cm³/mol. The van der Waals surface area contributed by atoms with Crippen molar-refractivity contribution in [3.05, 3.63) is 42.2 Å². The van der Waals surface area contributed by atoms with E-state index in [-0.39, 0.29) is 18.8 Å². The molecule has 2 rings (SSSR count). The summed E-state index contributed by atoms with van der Waals surface area (Å²) in [7, 11) is 0. The van der Waals surface area contributed by atoms with Crippen molar-refractivity contribution in [1.29, 1.82) is 0 Å². The molecule has 0 aliphatic carbocycles. The van der Waals surface area contributed by atoms with Gasteiger partial charge in [0, 0.05) is 24.7 Å². The van der Waals surface area contributed by atoms with Crippen molar-refractivity contribution in [3.63, 3.8) is 0 Å². The second-order valence-electron chi connectivity index (χ2n) is 4.37. The molecule has 0 aliphatic heterocycles. The van der Waals surface area contributed by atoms with Crippen LogP contribution in [-0.2, 0) is 14.3 Å². The minimum absolute atomic E-state index is 0.254. The van der Waals surface area contributed by atoms with E-state index in [9.17, 15) is 9.59 Å². The summed E-state index contributed by atoms with van der Waals surface area (Å²) in [4.78, 5) is 27.6. The Morgan fingerprint density at radius 2 is 2.00 bits per heavy atom. The maximum Gasteiger partial charge on any atom is 0.342 e. The van der Waals surface area contributed by atoms with Crippen molar-refractivity contribution in [2.45, 2.75) is 13.8 Å². The maximum atomic E-state index is 12.1. The van der Waals surface area contributed by atoms with Gasteiger partial charge < -0.3 is 9.47 Å². The highest BCUT2D eigenvalue weighted by molar-refractivity contribution is 5.95. The normalized spacial score (nSPS) is 10.7. The fraction of sp³-hybridized carbons (Fsp3) is 0.250. The van der Waals surface area contributed by atoms with Crippen LogP contribution in [-0.4, -0.2) is 39.9 Å². The minimum atomic E-state index is -0.496. The molecule has 0 aromatic carbocycles. The molecule has 2 heterocycles. The number of aromatic nitrogens is 3. The lowest BCUT2D eigenvalue weighted by Crippen LogP contribution is -2.05. The predicted octanol–water partition coefficient (Wildman–Crippen LogP) is 2.16. The molecule has 0 unspecified atom stereocenters. The standard InChI is InChI=1S/C16H17N3O4/c1-3-22-14(20)8-10-19-11-12(16(21)23-4-2)15(18-19)13-7-5-6-9-17-13/h5-11H,3-4H2,1-2H3/b10-8+. The molecule has 0 saturated carbocycles. The van der Waals surface area contributed by atoms with E-state index in [4.69, 9.17) is 9.47 Å². The van der Waals surface area contributed by atoms with E-state index in [0.717, 1.165) is 0 Å². The van der Waals surface area contributed by atoms with Crippen molar-refractivity contribution < 1.29 is 19.1 Å². The quantitative estimate of drug-likeness (QED) is 0.600. The van der Waals surface area contributed by atoms with Crippen LogP contribution < -0.4 is 0 Å². The Bertz CT molecular complexity index is 707. The summed E-state index contributed by atoms with van der Waals surface area (Å²) in [5.41, 5.74) is 1.20. The first-order valence-electron chi connectivity index (χ1n) is 7.18. The Hall–Kier alpha value is -2.96. The van der Waals surface area contributed by atoms with Crippen LogP contribution >= 0.6 is 0 Å². The van der Waals surface area contributed by atoms with Gasteiger partial charge in [0.1, 0.15) is 11.3 Å². The SMILES string of the molecule is CCOC(=O)/C=C/n1cc(C(=O)OCC)c(-c2ccccn2)n1. The van der Waals surface area contributed by atoms with Gasteiger partial charge in [0.2, 0.25) is 0 Å². The minimum Gasteiger partial charge on any atom is -0.463 e. The molecule has 0 radical (unpaired) electrons. The summed E-state index contributed by atoms with van der Waals surface area (Å²) < 4.78 is 11.2. The van der Waals surface area contributed by atoms with Gasteiger partial charge >= 0.3 is 11.9 Å². The molecule has 120 valence electrons. The van der Waals surface area contributed by atoms with E-state index in [1.54, 1.807) is 38.2 Å². The lowest BCUT2D eigenvalue weighted by atomic mass is 10.2. The van der Waals surface area contributed by atoms with Gasteiger partial charge in [-0.2, -0.15) is 5.10 Å². The van der Waals surface area contributed by atoms with Crippen LogP contribution in [0.2, 0.25) is 0 Å². The summed E-state index contributed by atoms with van der Waals surface area (Å²) in [6, 6.07) is 5.31. The van der Waals surface area contributed by atoms with Crippen molar-refractivity contribution in [2.75, 3.05) is 13.2 Å². The highest BCUT2D eigenvalue weighted by Gasteiger charge is 2.19. The van der Waals surface area contributed by atoms with Gasteiger partial charge in [-0.1, -0.05) is 6.07 Å². The average molecular weight is 315 g/mol. The van der Waals surface area contributed by atoms with Gasteiger partial charge in [0.15, 0.2) is 0 Å². The number of carbonyl (C=O) groups excluding carboxylic acids is 2. The van der Waals surface area contributed by atoms with Crippen LogP contribution in [0.1, 0.15) is 24.2 Å². The summed E-state index contributed by atoms with van der Waals surface area (Å²) >= 11 is 0. The van der Waals surface area contributed by atoms with Gasteiger partial charge in [-0.05, 0) is 26.0 Å². The molecular weight excluding hydrogens is 298 g/mol. The van der Waals surface area contributed by atoms with E-state index in [1.165, 1.54) is 23.2 Å². The fourth-order valence-corrected chi connectivity index (χ4v) is 1.85. The first-order valence-corrected chi connectivity index (χ1v) is 7.18. The molecule has 23 heavy (non-hydrogen) atoms. The molecular formula is C16H17N3O4. The van der Waals surface area contributed by atoms with Crippen LogP contribution in [0.4, 0.5) is 0 Å². The first kappa shape index (κ1) is 16.4. The van der Waals surface area contributed by atoms with Crippen LogP contribution in [0.3, 0.4) is 0 Å². The molecule has 2 aromatic heterocycles. The van der Waals surface area contributed by atoms with Gasteiger partial charge in [-0.25, -0.2) is 14.3 Å². The maximum absolute atomic E-state index is 12.1. The van der Waals surface area contributed by atoms with E-state index < -0.39 is 11.9 Å². The molecule has 0 saturated heterocycles. The first-order chi connectivity index (χ1) is 11.2. The zero-order valence-corrected chi connectivity index (χ0v) is 12.9. The number of ether oxygens (including phenoxy) is 2. The van der Waals surface area contributed by atoms with Crippen LogP contribution in [0, 0.1) is 0 Å². The Kier molecular flexibility index (Phi) is 5.62. The van der Waals surface area contributed by atoms with E-state index in [2.05, 4.69) is 10.1 Å². The molecule has 2 aromatic rings. The number of rotatable bonds is 6. The largest absolute Gasteiger partial charge is 0.463 e. The second-order valence-corrected chi connectivity index (χ2v) is 4.37. The molecule has 0 fully saturated rings. The molecule has 0 aliphatic rings. The third-order valence-corrected chi connectivity index (χ3v) is 2.78. The summed E-state index contributed by atoms with van der Waals surface area (Å²) in [6.07, 6.45) is 5.73. The van der Waals surface area contributed by atoms with E-state index in [1.807, 2.05) is 0 Å². The molecule has 7 nitrogen and oxygen atoms in total. The van der Waals surface area contributed by atoms with E-state index in [0.29, 0.717) is 11.4 Å². The molecule has 0 N–H and O–H groups in total. The number of hydrogen-bond donors (Lipinski definition) is 0. The van der Waals surface area contributed by atoms with Crippen molar-refractivity contribution in [2.24, 2.45) is 0 Å². The fourth-order valence-electron chi connectivity index (χ4n) is 1.85. The molecule has 0 atom stereocenters. The Balaban J connectivity index is 2.36. The topological polar surface area (TPSA) is 83.3 Å². The van der Waals surface area contributed by atoms with Crippen LogP contribution in [0.25, 0.3) is 17.6 Å². The number of pyridine rings is 1. The monoisotopic (exact) mass is 315 g/mol. The van der Waals surface area contributed by atoms with E-state index >= 15 is 0 Å². The van der Waals surface area contributed by atoms with Gasteiger partial charge in [0.25, 0.3) is 0 Å².